The number of furan rings is 2. The van der Waals surface area contributed by atoms with Crippen molar-refractivity contribution in [3.8, 4) is 56.4 Å². The molecule has 3 heterocycles. The van der Waals surface area contributed by atoms with Crippen molar-refractivity contribution >= 4 is 43.9 Å². The van der Waals surface area contributed by atoms with Crippen molar-refractivity contribution < 1.29 is 8.83 Å². The van der Waals surface area contributed by atoms with Crippen molar-refractivity contribution in [3.05, 3.63) is 164 Å². The van der Waals surface area contributed by atoms with E-state index in [4.69, 9.17) is 23.8 Å². The second-order valence-electron chi connectivity index (χ2n) is 12.4. The summed E-state index contributed by atoms with van der Waals surface area (Å²) in [4.78, 5) is 15.4. The molecular weight excluding hydrogens is 615 g/mol. The van der Waals surface area contributed by atoms with Gasteiger partial charge in [-0.15, -0.1) is 0 Å². The van der Waals surface area contributed by atoms with Crippen molar-refractivity contribution in [2.75, 3.05) is 0 Å². The molecule has 0 fully saturated rings. The molecule has 5 heteroatoms. The lowest BCUT2D eigenvalue weighted by Crippen LogP contribution is -2.00. The standard InChI is InChI=1S/C45H27N3O2/c1-3-12-28(13-4-1)30-16-11-17-31(24-30)43-46-44(32-22-23-35-34-18-7-9-20-38(34)49-40(35)26-32)48-45(47-43)33-25-37(29-14-5-2-6-15-29)42-36-19-8-10-21-39(36)50-41(42)27-33/h1-27H. The number of rotatable bonds is 5. The molecule has 0 atom stereocenters. The largest absolute Gasteiger partial charge is 0.456 e. The van der Waals surface area contributed by atoms with Gasteiger partial charge in [0.15, 0.2) is 17.5 Å². The Morgan fingerprint density at radius 3 is 1.58 bits per heavy atom. The number of nitrogens with zero attached hydrogens (tertiary/aromatic N) is 3. The number of para-hydroxylation sites is 2. The Bertz CT molecular complexity index is 2870. The molecule has 0 amide bonds. The molecule has 0 N–H and O–H groups in total. The Morgan fingerprint density at radius 1 is 0.300 bits per heavy atom. The average molecular weight is 642 g/mol. The highest BCUT2D eigenvalue weighted by Crippen LogP contribution is 2.40. The van der Waals surface area contributed by atoms with Crippen LogP contribution in [0.15, 0.2) is 173 Å². The van der Waals surface area contributed by atoms with Crippen molar-refractivity contribution in [2.24, 2.45) is 0 Å². The number of hydrogen-bond donors (Lipinski definition) is 0. The van der Waals surface area contributed by atoms with E-state index in [9.17, 15) is 0 Å². The zero-order valence-corrected chi connectivity index (χ0v) is 26.7. The number of hydrogen-bond acceptors (Lipinski definition) is 5. The third-order valence-corrected chi connectivity index (χ3v) is 9.32. The lowest BCUT2D eigenvalue weighted by Gasteiger charge is -2.11. The van der Waals surface area contributed by atoms with Gasteiger partial charge in [-0.05, 0) is 64.7 Å². The van der Waals surface area contributed by atoms with Gasteiger partial charge in [-0.1, -0.05) is 121 Å². The van der Waals surface area contributed by atoms with Gasteiger partial charge in [0.25, 0.3) is 0 Å². The zero-order chi connectivity index (χ0) is 33.0. The van der Waals surface area contributed by atoms with Gasteiger partial charge < -0.3 is 8.83 Å². The molecular formula is C45H27N3O2. The molecule has 0 spiro atoms. The van der Waals surface area contributed by atoms with Gasteiger partial charge in [-0.3, -0.25) is 0 Å². The first kappa shape index (κ1) is 28.2. The van der Waals surface area contributed by atoms with Crippen LogP contribution >= 0.6 is 0 Å². The fourth-order valence-corrected chi connectivity index (χ4v) is 6.93. The third-order valence-electron chi connectivity index (χ3n) is 9.32. The van der Waals surface area contributed by atoms with E-state index in [0.29, 0.717) is 17.5 Å². The zero-order valence-electron chi connectivity index (χ0n) is 26.7. The minimum atomic E-state index is 0.555. The Hall–Kier alpha value is -6.85. The van der Waals surface area contributed by atoms with E-state index in [1.807, 2.05) is 72.8 Å². The van der Waals surface area contributed by atoms with Crippen molar-refractivity contribution in [1.29, 1.82) is 0 Å². The number of fused-ring (bicyclic) bond motifs is 6. The molecule has 0 saturated heterocycles. The normalized spacial score (nSPS) is 11.6. The average Bonchev–Trinajstić information content (AvgIpc) is 3.76. The van der Waals surface area contributed by atoms with Gasteiger partial charge >= 0.3 is 0 Å². The number of benzene rings is 7. The van der Waals surface area contributed by atoms with E-state index >= 15 is 0 Å². The fraction of sp³-hybridized carbons (Fsp3) is 0. The Labute approximate surface area is 287 Å². The second kappa shape index (κ2) is 11.4. The molecule has 10 aromatic rings. The van der Waals surface area contributed by atoms with Crippen LogP contribution in [0.2, 0.25) is 0 Å². The second-order valence-corrected chi connectivity index (χ2v) is 12.4. The quantitative estimate of drug-likeness (QED) is 0.187. The summed E-state index contributed by atoms with van der Waals surface area (Å²) in [5, 5.41) is 4.27. The van der Waals surface area contributed by atoms with E-state index < -0.39 is 0 Å². The van der Waals surface area contributed by atoms with E-state index in [2.05, 4.69) is 91.0 Å². The van der Waals surface area contributed by atoms with E-state index in [1.165, 1.54) is 0 Å². The highest BCUT2D eigenvalue weighted by molar-refractivity contribution is 6.13. The smallest absolute Gasteiger partial charge is 0.164 e. The molecule has 0 aliphatic carbocycles. The first-order valence-electron chi connectivity index (χ1n) is 16.6. The predicted molar refractivity (Wildman–Crippen MR) is 202 cm³/mol. The van der Waals surface area contributed by atoms with Crippen LogP contribution in [0.4, 0.5) is 0 Å². The number of aromatic nitrogens is 3. The van der Waals surface area contributed by atoms with Crippen LogP contribution in [0.25, 0.3) is 100 Å². The Morgan fingerprint density at radius 2 is 0.820 bits per heavy atom. The molecule has 0 aliphatic heterocycles. The Balaban J connectivity index is 1.21. The molecule has 0 bridgehead atoms. The van der Waals surface area contributed by atoms with Crippen LogP contribution in [0.1, 0.15) is 0 Å². The molecule has 0 saturated carbocycles. The van der Waals surface area contributed by atoms with Crippen LogP contribution in [-0.4, -0.2) is 15.0 Å². The van der Waals surface area contributed by atoms with E-state index in [-0.39, 0.29) is 0 Å². The molecule has 234 valence electrons. The molecule has 3 aromatic heterocycles. The summed E-state index contributed by atoms with van der Waals surface area (Å²) in [6.07, 6.45) is 0. The fourth-order valence-electron chi connectivity index (χ4n) is 6.93. The summed E-state index contributed by atoms with van der Waals surface area (Å²) in [6.45, 7) is 0. The summed E-state index contributed by atoms with van der Waals surface area (Å²) in [5.41, 5.74) is 10.2. The lowest BCUT2D eigenvalue weighted by molar-refractivity contribution is 0.668. The van der Waals surface area contributed by atoms with Crippen molar-refractivity contribution in [1.82, 2.24) is 15.0 Å². The summed E-state index contributed by atoms with van der Waals surface area (Å²) in [6, 6.07) is 55.8. The van der Waals surface area contributed by atoms with Crippen LogP contribution in [-0.2, 0) is 0 Å². The van der Waals surface area contributed by atoms with Gasteiger partial charge in [0, 0.05) is 38.2 Å². The molecule has 5 nitrogen and oxygen atoms in total. The Kier molecular flexibility index (Phi) is 6.42. The van der Waals surface area contributed by atoms with Crippen LogP contribution in [0, 0.1) is 0 Å². The maximum Gasteiger partial charge on any atom is 0.164 e. The summed E-state index contributed by atoms with van der Waals surface area (Å²) < 4.78 is 12.7. The molecule has 0 unspecified atom stereocenters. The highest BCUT2D eigenvalue weighted by atomic mass is 16.3. The SMILES string of the molecule is c1ccc(-c2cccc(-c3nc(-c4ccc5c(c4)oc4ccccc45)nc(-c4cc(-c5ccccc5)c5c(c4)oc4ccccc45)n3)c2)cc1. The van der Waals surface area contributed by atoms with Crippen LogP contribution in [0.5, 0.6) is 0 Å². The summed E-state index contributed by atoms with van der Waals surface area (Å²) in [5.74, 6) is 1.70. The lowest BCUT2D eigenvalue weighted by atomic mass is 9.96. The summed E-state index contributed by atoms with van der Waals surface area (Å²) >= 11 is 0. The summed E-state index contributed by atoms with van der Waals surface area (Å²) in [7, 11) is 0. The first-order valence-corrected chi connectivity index (χ1v) is 16.6. The van der Waals surface area contributed by atoms with Gasteiger partial charge in [-0.2, -0.15) is 0 Å². The third kappa shape index (κ3) is 4.75. The molecule has 7 aromatic carbocycles. The molecule has 10 rings (SSSR count). The van der Waals surface area contributed by atoms with Crippen molar-refractivity contribution in [2.45, 2.75) is 0 Å². The van der Waals surface area contributed by atoms with Crippen LogP contribution < -0.4 is 0 Å². The molecule has 0 aliphatic rings. The van der Waals surface area contributed by atoms with E-state index in [1.54, 1.807) is 0 Å². The van der Waals surface area contributed by atoms with Gasteiger partial charge in [0.1, 0.15) is 22.3 Å². The minimum Gasteiger partial charge on any atom is -0.456 e. The minimum absolute atomic E-state index is 0.555. The monoisotopic (exact) mass is 641 g/mol. The maximum absolute atomic E-state index is 6.46. The van der Waals surface area contributed by atoms with Crippen molar-refractivity contribution in [3.63, 3.8) is 0 Å². The first-order chi connectivity index (χ1) is 24.7. The maximum atomic E-state index is 6.46. The topological polar surface area (TPSA) is 65.0 Å². The van der Waals surface area contributed by atoms with Gasteiger partial charge in [0.2, 0.25) is 0 Å². The predicted octanol–water partition coefficient (Wildman–Crippen LogP) is 12.0. The van der Waals surface area contributed by atoms with Crippen LogP contribution in [0.3, 0.4) is 0 Å². The molecule has 0 radical (unpaired) electrons. The van der Waals surface area contributed by atoms with Gasteiger partial charge in [0.05, 0.1) is 0 Å². The molecule has 50 heavy (non-hydrogen) atoms. The highest BCUT2D eigenvalue weighted by Gasteiger charge is 2.19. The van der Waals surface area contributed by atoms with E-state index in [0.717, 1.165) is 82.8 Å². The van der Waals surface area contributed by atoms with Gasteiger partial charge in [-0.25, -0.2) is 15.0 Å².